The predicted molar refractivity (Wildman–Crippen MR) is 106 cm³/mol. The van der Waals surface area contributed by atoms with Gasteiger partial charge in [0.05, 0.1) is 16.9 Å². The van der Waals surface area contributed by atoms with Crippen molar-refractivity contribution in [2.75, 3.05) is 7.05 Å². The Morgan fingerprint density at radius 3 is 2.28 bits per heavy atom. The van der Waals surface area contributed by atoms with E-state index in [4.69, 9.17) is 0 Å². The molecule has 0 spiro atoms. The summed E-state index contributed by atoms with van der Waals surface area (Å²) in [7, 11) is 3.14. The Morgan fingerprint density at radius 1 is 0.862 bits per heavy atom. The van der Waals surface area contributed by atoms with Crippen molar-refractivity contribution < 1.29 is 19.8 Å². The average molecular weight is 387 g/mol. The molecule has 0 bridgehead atoms. The van der Waals surface area contributed by atoms with Crippen LogP contribution in [0.5, 0.6) is 0 Å². The maximum atomic E-state index is 13.2. The Bertz CT molecular complexity index is 1410. The number of amides is 2. The summed E-state index contributed by atoms with van der Waals surface area (Å²) in [6, 6.07) is 16.5. The van der Waals surface area contributed by atoms with Gasteiger partial charge in [0.2, 0.25) is 5.60 Å². The van der Waals surface area contributed by atoms with Crippen LogP contribution in [0.3, 0.4) is 0 Å². The van der Waals surface area contributed by atoms with Crippen molar-refractivity contribution in [2.45, 2.75) is 11.3 Å². The highest BCUT2D eigenvalue weighted by Crippen LogP contribution is 2.56. The lowest BCUT2D eigenvalue weighted by Crippen LogP contribution is -2.58. The van der Waals surface area contributed by atoms with Gasteiger partial charge < -0.3 is 14.8 Å². The van der Waals surface area contributed by atoms with Crippen molar-refractivity contribution in [3.63, 3.8) is 0 Å². The van der Waals surface area contributed by atoms with Gasteiger partial charge in [-0.2, -0.15) is 0 Å². The summed E-state index contributed by atoms with van der Waals surface area (Å²) in [5.74, 6) is -1.70. The maximum Gasteiger partial charge on any atom is 0.286 e. The molecule has 144 valence electrons. The number of likely N-dealkylation sites (N-methyl/N-ethyl adjacent to an activating group) is 1. The minimum atomic E-state index is -2.48. The monoisotopic (exact) mass is 387 g/mol. The zero-order valence-corrected chi connectivity index (χ0v) is 15.7. The molecule has 4 heterocycles. The van der Waals surface area contributed by atoms with Gasteiger partial charge in [0, 0.05) is 35.9 Å². The van der Waals surface area contributed by atoms with E-state index in [2.05, 4.69) is 0 Å². The molecule has 29 heavy (non-hydrogen) atoms. The number of imide groups is 1. The van der Waals surface area contributed by atoms with Crippen molar-refractivity contribution in [3.8, 4) is 11.4 Å². The fraction of sp³-hybridized carbons (Fsp3) is 0.182. The molecule has 0 radical (unpaired) electrons. The predicted octanol–water partition coefficient (Wildman–Crippen LogP) is 1.64. The van der Waals surface area contributed by atoms with Gasteiger partial charge in [-0.1, -0.05) is 36.4 Å². The SMILES string of the molecule is CN1C(=O)C2(O)c3c(n(C)c4ccccc34)-c3cc4ccccc4n3C2(O)C1=O. The number of carbonyl (C=O) groups excluding carboxylic acids is 2. The molecule has 2 N–H and O–H groups in total. The Kier molecular flexibility index (Phi) is 2.71. The van der Waals surface area contributed by atoms with Crippen LogP contribution in [0.1, 0.15) is 5.56 Å². The van der Waals surface area contributed by atoms with Crippen LogP contribution in [0.2, 0.25) is 0 Å². The van der Waals surface area contributed by atoms with Crippen LogP contribution in [0.4, 0.5) is 0 Å². The van der Waals surface area contributed by atoms with Crippen LogP contribution in [0.15, 0.2) is 54.6 Å². The third kappa shape index (κ3) is 1.49. The molecular formula is C22H17N3O4. The summed E-state index contributed by atoms with van der Waals surface area (Å²) in [5, 5.41) is 25.1. The van der Waals surface area contributed by atoms with E-state index in [1.807, 2.05) is 41.9 Å². The molecule has 2 atom stereocenters. The van der Waals surface area contributed by atoms with Crippen LogP contribution in [-0.4, -0.2) is 43.1 Å². The lowest BCUT2D eigenvalue weighted by molar-refractivity contribution is -0.193. The Morgan fingerprint density at radius 2 is 1.52 bits per heavy atom. The number of aromatic nitrogens is 2. The van der Waals surface area contributed by atoms with Crippen LogP contribution in [0.25, 0.3) is 33.2 Å². The molecule has 0 aliphatic carbocycles. The van der Waals surface area contributed by atoms with E-state index < -0.39 is 23.1 Å². The zero-order valence-electron chi connectivity index (χ0n) is 15.7. The fourth-order valence-corrected chi connectivity index (χ4v) is 5.15. The lowest BCUT2D eigenvalue weighted by Gasteiger charge is -2.40. The molecule has 2 unspecified atom stereocenters. The zero-order chi connectivity index (χ0) is 20.3. The van der Waals surface area contributed by atoms with Gasteiger partial charge >= 0.3 is 0 Å². The third-order valence-corrected chi connectivity index (χ3v) is 6.47. The molecule has 0 saturated carbocycles. The van der Waals surface area contributed by atoms with Gasteiger partial charge in [0.25, 0.3) is 17.5 Å². The van der Waals surface area contributed by atoms with Crippen LogP contribution >= 0.6 is 0 Å². The molecule has 2 aromatic heterocycles. The molecule has 4 aromatic rings. The summed E-state index contributed by atoms with van der Waals surface area (Å²) in [5.41, 5.74) is -2.12. The smallest absolute Gasteiger partial charge is 0.286 e. The topological polar surface area (TPSA) is 87.7 Å². The molecule has 1 saturated heterocycles. The highest BCUT2D eigenvalue weighted by atomic mass is 16.4. The molecule has 2 aromatic carbocycles. The number of fused-ring (bicyclic) bond motifs is 10. The van der Waals surface area contributed by atoms with E-state index in [1.54, 1.807) is 24.3 Å². The first kappa shape index (κ1) is 16.5. The summed E-state index contributed by atoms with van der Waals surface area (Å²) in [6.45, 7) is 0. The molecular weight excluding hydrogens is 370 g/mol. The van der Waals surface area contributed by atoms with Crippen LogP contribution in [-0.2, 0) is 28.0 Å². The summed E-state index contributed by atoms with van der Waals surface area (Å²) < 4.78 is 3.30. The molecule has 7 nitrogen and oxygen atoms in total. The van der Waals surface area contributed by atoms with E-state index in [1.165, 1.54) is 11.6 Å². The van der Waals surface area contributed by atoms with E-state index >= 15 is 0 Å². The first-order chi connectivity index (χ1) is 13.8. The number of aryl methyl sites for hydroxylation is 1. The second kappa shape index (κ2) is 4.76. The third-order valence-electron chi connectivity index (χ3n) is 6.47. The maximum absolute atomic E-state index is 13.2. The summed E-state index contributed by atoms with van der Waals surface area (Å²) >= 11 is 0. The van der Waals surface area contributed by atoms with Gasteiger partial charge in [-0.3, -0.25) is 19.1 Å². The molecule has 2 aliphatic heterocycles. The number of hydrogen-bond acceptors (Lipinski definition) is 4. The van der Waals surface area contributed by atoms with Crippen LogP contribution < -0.4 is 0 Å². The molecule has 2 amide bonds. The second-order valence-electron chi connectivity index (χ2n) is 7.78. The number of likely N-dealkylation sites (tertiary alicyclic amines) is 1. The van der Waals surface area contributed by atoms with Crippen molar-refractivity contribution in [1.82, 2.24) is 14.0 Å². The number of para-hydroxylation sites is 2. The quantitative estimate of drug-likeness (QED) is 0.449. The highest BCUT2D eigenvalue weighted by molar-refractivity contribution is 6.16. The first-order valence-electron chi connectivity index (χ1n) is 9.30. The molecule has 1 fully saturated rings. The number of rotatable bonds is 0. The van der Waals surface area contributed by atoms with Crippen molar-refractivity contribution in [2.24, 2.45) is 7.05 Å². The van der Waals surface area contributed by atoms with Crippen LogP contribution in [0, 0.1) is 0 Å². The standard InChI is InChI=1S/C22H17N3O4/c1-23-15-10-6-4-8-13(15)17-18(23)16-11-12-7-3-5-9-14(12)25(16)22(29)20(27)24(2)19(26)21(17,22)28/h3-11,28-29H,1-2H3. The minimum absolute atomic E-state index is 0.260. The number of aliphatic hydroxyl groups is 2. The summed E-state index contributed by atoms with van der Waals surface area (Å²) in [6.07, 6.45) is 0. The highest BCUT2D eigenvalue weighted by Gasteiger charge is 2.74. The van der Waals surface area contributed by atoms with E-state index in [9.17, 15) is 19.8 Å². The minimum Gasteiger partial charge on any atom is -0.371 e. The largest absolute Gasteiger partial charge is 0.371 e. The Hall–Kier alpha value is -3.42. The van der Waals surface area contributed by atoms with Gasteiger partial charge in [-0.25, -0.2) is 0 Å². The number of nitrogens with zero attached hydrogens (tertiary/aromatic N) is 3. The summed E-state index contributed by atoms with van der Waals surface area (Å²) in [4.78, 5) is 27.2. The fourth-order valence-electron chi connectivity index (χ4n) is 5.15. The van der Waals surface area contributed by atoms with Gasteiger partial charge in [0.15, 0.2) is 0 Å². The average Bonchev–Trinajstić information content (AvgIpc) is 3.30. The molecule has 7 heteroatoms. The van der Waals surface area contributed by atoms with Gasteiger partial charge in [0.1, 0.15) is 0 Å². The van der Waals surface area contributed by atoms with Crippen molar-refractivity contribution >= 4 is 33.6 Å². The van der Waals surface area contributed by atoms with Gasteiger partial charge in [-0.05, 0) is 18.2 Å². The number of benzene rings is 2. The van der Waals surface area contributed by atoms with E-state index in [0.717, 1.165) is 15.8 Å². The van der Waals surface area contributed by atoms with E-state index in [-0.39, 0.29) is 5.56 Å². The molecule has 2 aliphatic rings. The normalized spacial score (nSPS) is 25.6. The molecule has 6 rings (SSSR count). The number of hydrogen-bond donors (Lipinski definition) is 2. The van der Waals surface area contributed by atoms with Crippen molar-refractivity contribution in [3.05, 3.63) is 60.2 Å². The van der Waals surface area contributed by atoms with Gasteiger partial charge in [-0.15, -0.1) is 0 Å². The van der Waals surface area contributed by atoms with Crippen molar-refractivity contribution in [1.29, 1.82) is 0 Å². The first-order valence-corrected chi connectivity index (χ1v) is 9.30. The second-order valence-corrected chi connectivity index (χ2v) is 7.78. The lowest BCUT2D eigenvalue weighted by atomic mass is 9.79. The Labute approximate surface area is 165 Å². The Balaban J connectivity index is 1.93. The van der Waals surface area contributed by atoms with E-state index in [0.29, 0.717) is 22.3 Å². The number of carbonyl (C=O) groups is 2.